The standard InChI is InChI=1S/C21H36N6O2/c1-6-7-16-17-18(25(5)24-16)19(28)23-20(22-17)27(9-8-21(2,3)4)11-10-26-12-14-29-15-13-26/h6-15H2,1-5H3,(H,22,23,28). The number of ether oxygens (including phenoxy) is 1. The minimum Gasteiger partial charge on any atom is -0.379 e. The number of anilines is 1. The molecule has 1 saturated heterocycles. The number of hydrogen-bond acceptors (Lipinski definition) is 6. The number of fused-ring (bicyclic) bond motifs is 1. The van der Waals surface area contributed by atoms with Crippen LogP contribution in [0.25, 0.3) is 11.0 Å². The van der Waals surface area contributed by atoms with Gasteiger partial charge in [0.1, 0.15) is 5.52 Å². The second kappa shape index (κ2) is 9.26. The zero-order valence-corrected chi connectivity index (χ0v) is 18.6. The number of aryl methyl sites for hydroxylation is 2. The van der Waals surface area contributed by atoms with Gasteiger partial charge in [0.2, 0.25) is 5.95 Å². The van der Waals surface area contributed by atoms with Gasteiger partial charge in [-0.2, -0.15) is 5.10 Å². The molecular formula is C21H36N6O2. The first kappa shape index (κ1) is 21.8. The lowest BCUT2D eigenvalue weighted by Crippen LogP contribution is -2.42. The molecule has 1 N–H and O–H groups in total. The Bertz CT molecular complexity index is 860. The fourth-order valence-corrected chi connectivity index (χ4v) is 3.67. The molecule has 0 aliphatic carbocycles. The van der Waals surface area contributed by atoms with E-state index in [1.54, 1.807) is 4.68 Å². The van der Waals surface area contributed by atoms with Gasteiger partial charge in [0.05, 0.1) is 18.9 Å². The van der Waals surface area contributed by atoms with Gasteiger partial charge < -0.3 is 9.64 Å². The monoisotopic (exact) mass is 404 g/mol. The molecule has 0 bridgehead atoms. The third-order valence-corrected chi connectivity index (χ3v) is 5.46. The van der Waals surface area contributed by atoms with Crippen molar-refractivity contribution in [2.45, 2.75) is 47.0 Å². The summed E-state index contributed by atoms with van der Waals surface area (Å²) in [7, 11) is 1.81. The highest BCUT2D eigenvalue weighted by Crippen LogP contribution is 2.22. The minimum absolute atomic E-state index is 0.116. The Balaban J connectivity index is 1.89. The largest absolute Gasteiger partial charge is 0.379 e. The maximum atomic E-state index is 12.8. The van der Waals surface area contributed by atoms with E-state index in [1.807, 2.05) is 7.05 Å². The molecule has 2 aromatic rings. The molecule has 8 heteroatoms. The molecule has 0 unspecified atom stereocenters. The van der Waals surface area contributed by atoms with Crippen LogP contribution in [0.2, 0.25) is 0 Å². The van der Waals surface area contributed by atoms with E-state index in [1.165, 1.54) is 0 Å². The fraction of sp³-hybridized carbons (Fsp3) is 0.762. The Morgan fingerprint density at radius 1 is 1.21 bits per heavy atom. The van der Waals surface area contributed by atoms with Crippen molar-refractivity contribution in [3.8, 4) is 0 Å². The molecule has 0 aromatic carbocycles. The highest BCUT2D eigenvalue weighted by molar-refractivity contribution is 5.77. The highest BCUT2D eigenvalue weighted by Gasteiger charge is 2.20. The number of hydrogen-bond donors (Lipinski definition) is 1. The predicted molar refractivity (Wildman–Crippen MR) is 117 cm³/mol. The molecule has 1 aliphatic heterocycles. The quantitative estimate of drug-likeness (QED) is 0.727. The summed E-state index contributed by atoms with van der Waals surface area (Å²) in [5.74, 6) is 0.658. The van der Waals surface area contributed by atoms with Crippen LogP contribution in [0.15, 0.2) is 4.79 Å². The number of nitrogens with one attached hydrogen (secondary N) is 1. The van der Waals surface area contributed by atoms with E-state index in [2.05, 4.69) is 47.6 Å². The molecule has 0 radical (unpaired) electrons. The smallest absolute Gasteiger partial charge is 0.278 e. The molecule has 0 saturated carbocycles. The van der Waals surface area contributed by atoms with Crippen LogP contribution in [-0.2, 0) is 18.2 Å². The van der Waals surface area contributed by atoms with Crippen molar-refractivity contribution >= 4 is 17.0 Å². The van der Waals surface area contributed by atoms with Crippen molar-refractivity contribution in [2.75, 3.05) is 50.8 Å². The Kier molecular flexibility index (Phi) is 6.95. The van der Waals surface area contributed by atoms with Gasteiger partial charge in [0, 0.05) is 39.8 Å². The van der Waals surface area contributed by atoms with E-state index in [9.17, 15) is 4.79 Å². The molecule has 2 aromatic heterocycles. The first-order chi connectivity index (χ1) is 13.8. The SMILES string of the molecule is CCCc1nn(C)c2c(=O)[nH]c(N(CCN3CCOCC3)CCC(C)(C)C)nc12. The zero-order chi connectivity index (χ0) is 21.0. The van der Waals surface area contributed by atoms with Crippen molar-refractivity contribution in [1.29, 1.82) is 0 Å². The molecule has 3 heterocycles. The summed E-state index contributed by atoms with van der Waals surface area (Å²) in [6, 6.07) is 0. The van der Waals surface area contributed by atoms with Gasteiger partial charge in [0.25, 0.3) is 5.56 Å². The van der Waals surface area contributed by atoms with E-state index in [4.69, 9.17) is 9.72 Å². The molecule has 1 aliphatic rings. The lowest BCUT2D eigenvalue weighted by molar-refractivity contribution is 0.0391. The highest BCUT2D eigenvalue weighted by atomic mass is 16.5. The van der Waals surface area contributed by atoms with Gasteiger partial charge in [-0.15, -0.1) is 0 Å². The van der Waals surface area contributed by atoms with Crippen LogP contribution in [0.3, 0.4) is 0 Å². The summed E-state index contributed by atoms with van der Waals surface area (Å²) in [5, 5.41) is 4.54. The van der Waals surface area contributed by atoms with Gasteiger partial charge >= 0.3 is 0 Å². The van der Waals surface area contributed by atoms with E-state index in [-0.39, 0.29) is 11.0 Å². The first-order valence-corrected chi connectivity index (χ1v) is 10.8. The second-order valence-corrected chi connectivity index (χ2v) is 9.16. The van der Waals surface area contributed by atoms with Crippen LogP contribution in [0.5, 0.6) is 0 Å². The van der Waals surface area contributed by atoms with Gasteiger partial charge in [-0.25, -0.2) is 4.98 Å². The van der Waals surface area contributed by atoms with Crippen LogP contribution >= 0.6 is 0 Å². The van der Waals surface area contributed by atoms with Crippen molar-refractivity contribution in [1.82, 2.24) is 24.6 Å². The number of rotatable bonds is 8. The second-order valence-electron chi connectivity index (χ2n) is 9.16. The third kappa shape index (κ3) is 5.57. The summed E-state index contributed by atoms with van der Waals surface area (Å²) in [6.07, 6.45) is 2.82. The lowest BCUT2D eigenvalue weighted by Gasteiger charge is -2.31. The van der Waals surface area contributed by atoms with Crippen molar-refractivity contribution in [3.05, 3.63) is 16.0 Å². The lowest BCUT2D eigenvalue weighted by atomic mass is 9.92. The Morgan fingerprint density at radius 3 is 2.59 bits per heavy atom. The summed E-state index contributed by atoms with van der Waals surface area (Å²) in [6.45, 7) is 15.0. The third-order valence-electron chi connectivity index (χ3n) is 5.46. The van der Waals surface area contributed by atoms with Crippen LogP contribution in [0.4, 0.5) is 5.95 Å². The zero-order valence-electron chi connectivity index (χ0n) is 18.6. The first-order valence-electron chi connectivity index (χ1n) is 10.8. The van der Waals surface area contributed by atoms with Crippen molar-refractivity contribution in [3.63, 3.8) is 0 Å². The number of aromatic amines is 1. The molecule has 0 amide bonds. The van der Waals surface area contributed by atoms with Crippen LogP contribution < -0.4 is 10.5 Å². The molecule has 0 atom stereocenters. The van der Waals surface area contributed by atoms with E-state index in [0.29, 0.717) is 11.5 Å². The maximum absolute atomic E-state index is 12.8. The Morgan fingerprint density at radius 2 is 1.93 bits per heavy atom. The number of nitrogens with zero attached hydrogens (tertiary/aromatic N) is 5. The van der Waals surface area contributed by atoms with Gasteiger partial charge in [0.15, 0.2) is 5.52 Å². The topological polar surface area (TPSA) is 79.3 Å². The molecule has 1 fully saturated rings. The average Bonchev–Trinajstić information content (AvgIpc) is 2.98. The Hall–Kier alpha value is -1.93. The molecular weight excluding hydrogens is 368 g/mol. The normalized spacial score (nSPS) is 15.9. The number of morpholine rings is 1. The van der Waals surface area contributed by atoms with Crippen molar-refractivity contribution in [2.24, 2.45) is 12.5 Å². The molecule has 8 nitrogen and oxygen atoms in total. The van der Waals surface area contributed by atoms with Gasteiger partial charge in [-0.05, 0) is 18.3 Å². The molecule has 29 heavy (non-hydrogen) atoms. The van der Waals surface area contributed by atoms with E-state index >= 15 is 0 Å². The number of H-pyrrole nitrogens is 1. The minimum atomic E-state index is -0.116. The summed E-state index contributed by atoms with van der Waals surface area (Å²) < 4.78 is 7.12. The van der Waals surface area contributed by atoms with Crippen LogP contribution in [0.1, 0.15) is 46.2 Å². The number of aromatic nitrogens is 4. The molecule has 3 rings (SSSR count). The van der Waals surface area contributed by atoms with Gasteiger partial charge in [-0.1, -0.05) is 34.1 Å². The van der Waals surface area contributed by atoms with E-state index in [0.717, 1.165) is 76.4 Å². The maximum Gasteiger partial charge on any atom is 0.278 e. The Labute approximate surface area is 173 Å². The molecule has 162 valence electrons. The summed E-state index contributed by atoms with van der Waals surface area (Å²) in [4.78, 5) is 25.4. The van der Waals surface area contributed by atoms with Gasteiger partial charge in [-0.3, -0.25) is 19.4 Å². The average molecular weight is 405 g/mol. The van der Waals surface area contributed by atoms with E-state index < -0.39 is 0 Å². The van der Waals surface area contributed by atoms with Crippen LogP contribution in [0, 0.1) is 5.41 Å². The van der Waals surface area contributed by atoms with Crippen molar-refractivity contribution < 1.29 is 4.74 Å². The summed E-state index contributed by atoms with van der Waals surface area (Å²) >= 11 is 0. The fourth-order valence-electron chi connectivity index (χ4n) is 3.67. The molecule has 0 spiro atoms. The summed E-state index contributed by atoms with van der Waals surface area (Å²) in [5.41, 5.74) is 2.29. The predicted octanol–water partition coefficient (Wildman–Crippen LogP) is 2.18. The van der Waals surface area contributed by atoms with Crippen LogP contribution in [-0.4, -0.2) is 70.6 Å².